The Balaban J connectivity index is 1.73. The van der Waals surface area contributed by atoms with Crippen molar-refractivity contribution in [3.8, 4) is 0 Å². The van der Waals surface area contributed by atoms with Crippen LogP contribution in [0.1, 0.15) is 39.5 Å². The molecule has 0 heterocycles. The minimum atomic E-state index is 0.803. The number of hydrogen-bond acceptors (Lipinski definition) is 1. The molecule has 0 spiro atoms. The molecule has 0 saturated carbocycles. The maximum Gasteiger partial charge on any atom is 0.0116 e. The molecule has 0 fully saturated rings. The van der Waals surface area contributed by atoms with E-state index in [1.807, 2.05) is 11.8 Å². The van der Waals surface area contributed by atoms with Crippen LogP contribution in [0.2, 0.25) is 0 Å². The molecule has 1 heteroatoms. The van der Waals surface area contributed by atoms with Crippen LogP contribution in [0.15, 0.2) is 58.4 Å². The van der Waals surface area contributed by atoms with E-state index in [1.165, 1.54) is 30.6 Å². The third-order valence-electron chi connectivity index (χ3n) is 4.03. The quantitative estimate of drug-likeness (QED) is 0.463. The first-order valence-corrected chi connectivity index (χ1v) is 8.16. The van der Waals surface area contributed by atoms with Gasteiger partial charge in [0.05, 0.1) is 0 Å². The van der Waals surface area contributed by atoms with Crippen LogP contribution in [0.4, 0.5) is 0 Å². The van der Waals surface area contributed by atoms with Gasteiger partial charge in [0.25, 0.3) is 0 Å². The molecule has 1 aliphatic carbocycles. The molecule has 2 unspecified atom stereocenters. The van der Waals surface area contributed by atoms with Crippen LogP contribution in [0, 0.1) is 11.8 Å². The minimum absolute atomic E-state index is 0.803. The third kappa shape index (κ3) is 4.91. The van der Waals surface area contributed by atoms with Crippen LogP contribution in [-0.4, -0.2) is 0 Å². The van der Waals surface area contributed by atoms with Gasteiger partial charge in [0.15, 0.2) is 0 Å². The first-order chi connectivity index (χ1) is 9.25. The lowest BCUT2D eigenvalue weighted by atomic mass is 9.80. The highest BCUT2D eigenvalue weighted by Crippen LogP contribution is 2.31. The summed E-state index contributed by atoms with van der Waals surface area (Å²) in [5, 5.41) is 2.25. The molecule has 19 heavy (non-hydrogen) atoms. The fourth-order valence-corrected chi connectivity index (χ4v) is 3.27. The van der Waals surface area contributed by atoms with E-state index in [0.717, 1.165) is 11.8 Å². The molecule has 0 saturated heterocycles. The molecule has 0 nitrogen and oxygen atoms in total. The fourth-order valence-electron chi connectivity index (χ4n) is 2.59. The van der Waals surface area contributed by atoms with Gasteiger partial charge >= 0.3 is 0 Å². The summed E-state index contributed by atoms with van der Waals surface area (Å²) in [6.07, 6.45) is 9.95. The summed E-state index contributed by atoms with van der Waals surface area (Å²) in [6, 6.07) is 10.6. The zero-order valence-electron chi connectivity index (χ0n) is 12.0. The molecule has 1 aromatic carbocycles. The van der Waals surface area contributed by atoms with E-state index in [4.69, 9.17) is 0 Å². The summed E-state index contributed by atoms with van der Waals surface area (Å²) in [6.45, 7) is 4.66. The van der Waals surface area contributed by atoms with Crippen molar-refractivity contribution in [2.75, 3.05) is 0 Å². The summed E-state index contributed by atoms with van der Waals surface area (Å²) in [5.41, 5.74) is 1.58. The molecule has 1 aliphatic rings. The highest BCUT2D eigenvalue weighted by atomic mass is 32.2. The molecule has 0 radical (unpaired) electrons. The van der Waals surface area contributed by atoms with E-state index in [-0.39, 0.29) is 0 Å². The van der Waals surface area contributed by atoms with Gasteiger partial charge < -0.3 is 0 Å². The Morgan fingerprint density at radius 3 is 2.79 bits per heavy atom. The molecule has 0 aromatic heterocycles. The lowest BCUT2D eigenvalue weighted by Gasteiger charge is -2.25. The van der Waals surface area contributed by atoms with Crippen LogP contribution >= 0.6 is 11.8 Å². The van der Waals surface area contributed by atoms with Crippen LogP contribution in [0.3, 0.4) is 0 Å². The van der Waals surface area contributed by atoms with E-state index in [0.29, 0.717) is 0 Å². The zero-order chi connectivity index (χ0) is 13.5. The van der Waals surface area contributed by atoms with Gasteiger partial charge in [-0.15, -0.1) is 0 Å². The smallest absolute Gasteiger partial charge is 0.0116 e. The second kappa shape index (κ2) is 7.59. The van der Waals surface area contributed by atoms with Crippen molar-refractivity contribution in [2.24, 2.45) is 11.8 Å². The van der Waals surface area contributed by atoms with Crippen molar-refractivity contribution in [1.29, 1.82) is 0 Å². The number of rotatable bonds is 5. The van der Waals surface area contributed by atoms with Gasteiger partial charge in [0.2, 0.25) is 0 Å². The molecular weight excluding hydrogens is 248 g/mol. The summed E-state index contributed by atoms with van der Waals surface area (Å²) in [7, 11) is 0. The zero-order valence-corrected chi connectivity index (χ0v) is 12.8. The standard InChI is InChI=1S/C18H24S/c1-15-10-12-17(13-11-15)16(2)7-6-14-19-18-8-4-3-5-9-18/h3-6,8-10,14,16-17H,7,11-13H2,1-2H3/b14-6-. The average Bonchev–Trinajstić information content (AvgIpc) is 2.45. The van der Waals surface area contributed by atoms with Crippen LogP contribution in [0.25, 0.3) is 0 Å². The van der Waals surface area contributed by atoms with E-state index in [2.05, 4.69) is 61.7 Å². The first kappa shape index (κ1) is 14.5. The Morgan fingerprint density at radius 1 is 1.32 bits per heavy atom. The first-order valence-electron chi connectivity index (χ1n) is 7.28. The Morgan fingerprint density at radius 2 is 2.11 bits per heavy atom. The average molecular weight is 272 g/mol. The summed E-state index contributed by atoms with van der Waals surface area (Å²) < 4.78 is 0. The number of thioether (sulfide) groups is 1. The maximum absolute atomic E-state index is 2.44. The maximum atomic E-state index is 2.44. The van der Waals surface area contributed by atoms with Crippen molar-refractivity contribution in [1.82, 2.24) is 0 Å². The van der Waals surface area contributed by atoms with Crippen molar-refractivity contribution in [3.63, 3.8) is 0 Å². The topological polar surface area (TPSA) is 0 Å². The Kier molecular flexibility index (Phi) is 5.78. The largest absolute Gasteiger partial charge is 0.0984 e. The van der Waals surface area contributed by atoms with Gasteiger partial charge in [-0.05, 0) is 62.0 Å². The third-order valence-corrected chi connectivity index (χ3v) is 4.91. The molecule has 102 valence electrons. The molecule has 0 bridgehead atoms. The predicted molar refractivity (Wildman–Crippen MR) is 86.3 cm³/mol. The molecule has 0 amide bonds. The predicted octanol–water partition coefficient (Wildman–Crippen LogP) is 6.07. The second-order valence-corrected chi connectivity index (χ2v) is 6.58. The van der Waals surface area contributed by atoms with Gasteiger partial charge in [-0.25, -0.2) is 0 Å². The van der Waals surface area contributed by atoms with Gasteiger partial charge in [-0.3, -0.25) is 0 Å². The van der Waals surface area contributed by atoms with Gasteiger partial charge in [-0.2, -0.15) is 0 Å². The molecular formula is C18H24S. The molecule has 2 atom stereocenters. The Labute approximate surface area is 122 Å². The van der Waals surface area contributed by atoms with E-state index >= 15 is 0 Å². The van der Waals surface area contributed by atoms with Crippen LogP contribution in [-0.2, 0) is 0 Å². The SMILES string of the molecule is CC1=CCC(C(C)C/C=C\Sc2ccccc2)CC1. The van der Waals surface area contributed by atoms with Crippen molar-refractivity contribution in [2.45, 2.75) is 44.4 Å². The molecule has 1 aromatic rings. The normalized spacial score (nSPS) is 21.4. The minimum Gasteiger partial charge on any atom is -0.0984 e. The second-order valence-electron chi connectivity index (χ2n) is 5.60. The molecule has 0 N–H and O–H groups in total. The van der Waals surface area contributed by atoms with Gasteiger partial charge in [-0.1, -0.05) is 54.6 Å². The van der Waals surface area contributed by atoms with Crippen molar-refractivity contribution >= 4 is 11.8 Å². The van der Waals surface area contributed by atoms with E-state index < -0.39 is 0 Å². The van der Waals surface area contributed by atoms with Gasteiger partial charge in [0, 0.05) is 4.90 Å². The Bertz CT molecular complexity index is 430. The summed E-state index contributed by atoms with van der Waals surface area (Å²) in [4.78, 5) is 1.32. The van der Waals surface area contributed by atoms with Crippen molar-refractivity contribution in [3.05, 3.63) is 53.5 Å². The number of benzene rings is 1. The highest BCUT2D eigenvalue weighted by molar-refractivity contribution is 8.02. The van der Waals surface area contributed by atoms with Crippen LogP contribution in [0.5, 0.6) is 0 Å². The lowest BCUT2D eigenvalue weighted by Crippen LogP contribution is -2.13. The fraction of sp³-hybridized carbons (Fsp3) is 0.444. The highest BCUT2D eigenvalue weighted by Gasteiger charge is 2.17. The number of hydrogen-bond donors (Lipinski definition) is 0. The monoisotopic (exact) mass is 272 g/mol. The Hall–Kier alpha value is -0.950. The van der Waals surface area contributed by atoms with E-state index in [1.54, 1.807) is 5.57 Å². The van der Waals surface area contributed by atoms with E-state index in [9.17, 15) is 0 Å². The molecule has 0 aliphatic heterocycles. The number of allylic oxidation sites excluding steroid dienone is 3. The summed E-state index contributed by atoms with van der Waals surface area (Å²) in [5.74, 6) is 1.69. The lowest BCUT2D eigenvalue weighted by molar-refractivity contribution is 0.330. The van der Waals surface area contributed by atoms with Crippen LogP contribution < -0.4 is 0 Å². The van der Waals surface area contributed by atoms with Gasteiger partial charge in [0.1, 0.15) is 0 Å². The summed E-state index contributed by atoms with van der Waals surface area (Å²) >= 11 is 1.82. The van der Waals surface area contributed by atoms with Crippen molar-refractivity contribution < 1.29 is 0 Å². The molecule has 2 rings (SSSR count).